The lowest BCUT2D eigenvalue weighted by atomic mass is 9.45. The van der Waals surface area contributed by atoms with Crippen molar-refractivity contribution in [2.45, 2.75) is 38.2 Å². The van der Waals surface area contributed by atoms with Crippen LogP contribution in [0, 0.1) is 22.7 Å². The third kappa shape index (κ3) is 0.611. The molecule has 4 nitrogen and oxygen atoms in total. The molecular weight excluding hydrogens is 208 g/mol. The molecule has 5 unspecified atom stereocenters. The first-order valence-electron chi connectivity index (χ1n) is 5.89. The molecule has 0 bridgehead atoms. The number of carboxylic acid groups (broad SMARTS) is 1. The maximum absolute atomic E-state index is 11.3. The van der Waals surface area contributed by atoms with Crippen molar-refractivity contribution in [3.8, 4) is 0 Å². The normalized spacial score (nSPS) is 58.8. The largest absolute Gasteiger partial charge is 0.481 e. The van der Waals surface area contributed by atoms with Gasteiger partial charge in [0, 0.05) is 12.8 Å². The van der Waals surface area contributed by atoms with Crippen LogP contribution in [0.25, 0.3) is 0 Å². The van der Waals surface area contributed by atoms with E-state index >= 15 is 0 Å². The van der Waals surface area contributed by atoms with Gasteiger partial charge in [0.15, 0.2) is 0 Å². The Morgan fingerprint density at radius 2 is 2.06 bits per heavy atom. The fourth-order valence-corrected chi connectivity index (χ4v) is 5.46. The molecule has 0 saturated heterocycles. The molecule has 4 fully saturated rings. The SMILES string of the molecule is CC(=O)OC12CC3CC4(C(=O)O)CC4(C1)C32. The summed E-state index contributed by atoms with van der Waals surface area (Å²) in [5.74, 6) is 0.0121. The molecule has 5 atom stereocenters. The average molecular weight is 222 g/mol. The molecule has 0 heterocycles. The van der Waals surface area contributed by atoms with E-state index in [4.69, 9.17) is 4.74 Å². The lowest BCUT2D eigenvalue weighted by molar-refractivity contribution is -0.257. The second-order valence-corrected chi connectivity index (χ2v) is 6.20. The number of aliphatic carboxylic acids is 1. The number of ether oxygens (including phenoxy) is 1. The molecule has 4 rings (SSSR count). The number of carbonyl (C=O) groups excluding carboxylic acids is 1. The Kier molecular flexibility index (Phi) is 1.14. The van der Waals surface area contributed by atoms with Crippen LogP contribution in [0.2, 0.25) is 0 Å². The number of carboxylic acids is 1. The van der Waals surface area contributed by atoms with Gasteiger partial charge in [-0.1, -0.05) is 0 Å². The van der Waals surface area contributed by atoms with Gasteiger partial charge in [0.2, 0.25) is 0 Å². The van der Waals surface area contributed by atoms with Crippen LogP contribution in [0.4, 0.5) is 0 Å². The van der Waals surface area contributed by atoms with Gasteiger partial charge in [-0.25, -0.2) is 0 Å². The lowest BCUT2D eigenvalue weighted by Gasteiger charge is -2.64. The van der Waals surface area contributed by atoms with Crippen molar-refractivity contribution in [1.29, 1.82) is 0 Å². The van der Waals surface area contributed by atoms with Crippen molar-refractivity contribution >= 4 is 11.9 Å². The Morgan fingerprint density at radius 3 is 2.69 bits per heavy atom. The molecule has 4 heteroatoms. The van der Waals surface area contributed by atoms with Crippen molar-refractivity contribution in [2.75, 3.05) is 0 Å². The topological polar surface area (TPSA) is 63.6 Å². The van der Waals surface area contributed by atoms with Gasteiger partial charge in [-0.2, -0.15) is 0 Å². The first kappa shape index (κ1) is 9.02. The standard InChI is InChI=1S/C12H14O4/c1-6(13)16-12-3-7-2-10(9(14)15)4-11(10,5-12)8(7)12/h7-8H,2-5H2,1H3,(H,14,15). The fourth-order valence-electron chi connectivity index (χ4n) is 5.46. The van der Waals surface area contributed by atoms with E-state index in [0.717, 1.165) is 25.7 Å². The van der Waals surface area contributed by atoms with E-state index < -0.39 is 11.4 Å². The molecule has 86 valence electrons. The Hall–Kier alpha value is -1.06. The molecule has 4 aliphatic carbocycles. The Bertz CT molecular complexity index is 444. The van der Waals surface area contributed by atoms with Gasteiger partial charge in [0.25, 0.3) is 0 Å². The van der Waals surface area contributed by atoms with E-state index in [9.17, 15) is 14.7 Å². The molecule has 1 spiro atoms. The summed E-state index contributed by atoms with van der Waals surface area (Å²) >= 11 is 0. The van der Waals surface area contributed by atoms with Crippen molar-refractivity contribution in [1.82, 2.24) is 0 Å². The van der Waals surface area contributed by atoms with Crippen LogP contribution >= 0.6 is 0 Å². The van der Waals surface area contributed by atoms with E-state index in [-0.39, 0.29) is 17.0 Å². The molecule has 4 aliphatic rings. The summed E-state index contributed by atoms with van der Waals surface area (Å²) in [5.41, 5.74) is -0.691. The van der Waals surface area contributed by atoms with E-state index in [1.165, 1.54) is 6.92 Å². The van der Waals surface area contributed by atoms with Gasteiger partial charge in [-0.05, 0) is 37.0 Å². The Morgan fingerprint density at radius 1 is 1.31 bits per heavy atom. The number of hydrogen-bond acceptors (Lipinski definition) is 3. The van der Waals surface area contributed by atoms with Crippen molar-refractivity contribution < 1.29 is 19.4 Å². The molecule has 0 aromatic carbocycles. The predicted octanol–water partition coefficient (Wildman–Crippen LogP) is 1.19. The van der Waals surface area contributed by atoms with Crippen LogP contribution in [-0.4, -0.2) is 22.6 Å². The molecule has 0 aliphatic heterocycles. The molecule has 1 N–H and O–H groups in total. The zero-order valence-corrected chi connectivity index (χ0v) is 9.16. The highest BCUT2D eigenvalue weighted by Gasteiger charge is 2.94. The van der Waals surface area contributed by atoms with Gasteiger partial charge in [0.1, 0.15) is 5.60 Å². The number of carbonyl (C=O) groups is 2. The average Bonchev–Trinajstić information content (AvgIpc) is 2.68. The molecule has 0 radical (unpaired) electrons. The zero-order valence-electron chi connectivity index (χ0n) is 9.16. The maximum Gasteiger partial charge on any atom is 0.310 e. The molecule has 0 aromatic heterocycles. The monoisotopic (exact) mass is 222 g/mol. The van der Waals surface area contributed by atoms with E-state index in [1.807, 2.05) is 0 Å². The number of rotatable bonds is 2. The summed E-state index contributed by atoms with van der Waals surface area (Å²) in [6, 6.07) is 0. The summed E-state index contributed by atoms with van der Waals surface area (Å²) in [6.07, 6.45) is 3.33. The first-order valence-corrected chi connectivity index (χ1v) is 5.89. The highest BCUT2D eigenvalue weighted by atomic mass is 16.6. The quantitative estimate of drug-likeness (QED) is 0.713. The molecule has 0 amide bonds. The van der Waals surface area contributed by atoms with Gasteiger partial charge >= 0.3 is 11.9 Å². The van der Waals surface area contributed by atoms with Crippen LogP contribution in [-0.2, 0) is 14.3 Å². The van der Waals surface area contributed by atoms with Gasteiger partial charge in [0.05, 0.1) is 5.41 Å². The van der Waals surface area contributed by atoms with Crippen LogP contribution in [0.15, 0.2) is 0 Å². The second kappa shape index (κ2) is 2.03. The lowest BCUT2D eigenvalue weighted by Crippen LogP contribution is -2.67. The third-order valence-electron chi connectivity index (χ3n) is 5.67. The van der Waals surface area contributed by atoms with Crippen LogP contribution in [0.3, 0.4) is 0 Å². The minimum absolute atomic E-state index is 0.0111. The van der Waals surface area contributed by atoms with E-state index in [2.05, 4.69) is 0 Å². The second-order valence-electron chi connectivity index (χ2n) is 6.20. The van der Waals surface area contributed by atoms with Crippen molar-refractivity contribution in [3.05, 3.63) is 0 Å². The molecular formula is C12H14O4. The molecule has 16 heavy (non-hydrogen) atoms. The van der Waals surface area contributed by atoms with E-state index in [1.54, 1.807) is 0 Å². The smallest absolute Gasteiger partial charge is 0.310 e. The van der Waals surface area contributed by atoms with Crippen LogP contribution < -0.4 is 0 Å². The van der Waals surface area contributed by atoms with Gasteiger partial charge < -0.3 is 9.84 Å². The Balaban J connectivity index is 1.66. The van der Waals surface area contributed by atoms with Crippen LogP contribution in [0.1, 0.15) is 32.6 Å². The summed E-state index contributed by atoms with van der Waals surface area (Å²) in [4.78, 5) is 22.4. The van der Waals surface area contributed by atoms with Gasteiger partial charge in [-0.3, -0.25) is 9.59 Å². The van der Waals surface area contributed by atoms with Crippen molar-refractivity contribution in [2.24, 2.45) is 22.7 Å². The summed E-state index contributed by atoms with van der Waals surface area (Å²) in [6.45, 7) is 1.44. The fraction of sp³-hybridized carbons (Fsp3) is 0.833. The minimum Gasteiger partial charge on any atom is -0.481 e. The predicted molar refractivity (Wildman–Crippen MR) is 52.4 cm³/mol. The first-order chi connectivity index (χ1) is 7.46. The minimum atomic E-state index is -0.627. The molecule has 0 aromatic rings. The number of hydrogen-bond donors (Lipinski definition) is 1. The van der Waals surface area contributed by atoms with Crippen LogP contribution in [0.5, 0.6) is 0 Å². The zero-order chi connectivity index (χ0) is 11.3. The molecule has 4 saturated carbocycles. The van der Waals surface area contributed by atoms with Crippen molar-refractivity contribution in [3.63, 3.8) is 0 Å². The maximum atomic E-state index is 11.3. The summed E-state index contributed by atoms with van der Waals surface area (Å²) in [5, 5.41) is 9.33. The highest BCUT2D eigenvalue weighted by Crippen LogP contribution is 2.93. The third-order valence-corrected chi connectivity index (χ3v) is 5.67. The number of esters is 1. The Labute approximate surface area is 93.0 Å². The van der Waals surface area contributed by atoms with E-state index in [0.29, 0.717) is 11.8 Å². The van der Waals surface area contributed by atoms with Gasteiger partial charge in [-0.15, -0.1) is 0 Å². The highest BCUT2D eigenvalue weighted by molar-refractivity contribution is 5.83. The summed E-state index contributed by atoms with van der Waals surface area (Å²) < 4.78 is 5.44. The summed E-state index contributed by atoms with van der Waals surface area (Å²) in [7, 11) is 0.